The number of carbonyl (C=O) groups is 2. The first-order chi connectivity index (χ1) is 15.6. The quantitative estimate of drug-likeness (QED) is 0.517. The molecule has 0 bridgehead atoms. The molecule has 0 spiro atoms. The highest BCUT2D eigenvalue weighted by Crippen LogP contribution is 2.41. The number of morpholine rings is 1. The Morgan fingerprint density at radius 1 is 1.12 bits per heavy atom. The molecule has 6 nitrogen and oxygen atoms in total. The minimum absolute atomic E-state index is 0.0131. The molecule has 32 heavy (non-hydrogen) atoms. The summed E-state index contributed by atoms with van der Waals surface area (Å²) in [7, 11) is 0. The smallest absolute Gasteiger partial charge is 0.265 e. The van der Waals surface area contributed by atoms with Gasteiger partial charge in [0.25, 0.3) is 5.91 Å². The largest absolute Gasteiger partial charge is 0.379 e. The average Bonchev–Trinajstić information content (AvgIpc) is 2.81. The lowest BCUT2D eigenvalue weighted by molar-refractivity contribution is -0.122. The van der Waals surface area contributed by atoms with E-state index in [9.17, 15) is 9.59 Å². The number of aryl methyl sites for hydroxylation is 1. The molecule has 4 rings (SSSR count). The van der Waals surface area contributed by atoms with Gasteiger partial charge in [-0.15, -0.1) is 0 Å². The van der Waals surface area contributed by atoms with Crippen LogP contribution in [0.5, 0.6) is 0 Å². The molecule has 2 aromatic rings. The van der Waals surface area contributed by atoms with Gasteiger partial charge < -0.3 is 10.1 Å². The van der Waals surface area contributed by atoms with Crippen molar-refractivity contribution < 1.29 is 14.3 Å². The minimum Gasteiger partial charge on any atom is -0.379 e. The number of carbonyl (C=O) groups excluding carboxylic acids is 2. The van der Waals surface area contributed by atoms with Crippen molar-refractivity contribution in [3.8, 4) is 0 Å². The van der Waals surface area contributed by atoms with Crippen LogP contribution in [0.3, 0.4) is 0 Å². The van der Waals surface area contributed by atoms with Gasteiger partial charge in [-0.1, -0.05) is 53.7 Å². The Bertz CT molecular complexity index is 984. The first kappa shape index (κ1) is 22.6. The summed E-state index contributed by atoms with van der Waals surface area (Å²) in [6.07, 6.45) is 2.78. The Labute approximate surface area is 193 Å². The van der Waals surface area contributed by atoms with Crippen molar-refractivity contribution in [2.45, 2.75) is 18.2 Å². The van der Waals surface area contributed by atoms with E-state index in [-0.39, 0.29) is 18.4 Å². The molecule has 1 fully saturated rings. The van der Waals surface area contributed by atoms with Gasteiger partial charge in [-0.2, -0.15) is 0 Å². The third-order valence-electron chi connectivity index (χ3n) is 5.59. The second-order valence-electron chi connectivity index (χ2n) is 8.04. The van der Waals surface area contributed by atoms with Gasteiger partial charge in [0.15, 0.2) is 0 Å². The lowest BCUT2D eigenvalue weighted by Gasteiger charge is -2.30. The number of fused-ring (bicyclic) bond motifs is 1. The molecule has 1 saturated heterocycles. The number of nitrogens with one attached hydrogen (secondary N) is 1. The highest BCUT2D eigenvalue weighted by Gasteiger charge is 2.30. The fraction of sp³-hybridized carbons (Fsp3) is 0.360. The first-order valence-corrected chi connectivity index (χ1v) is 11.9. The van der Waals surface area contributed by atoms with Gasteiger partial charge in [0.05, 0.1) is 23.8 Å². The van der Waals surface area contributed by atoms with Crippen molar-refractivity contribution in [3.05, 3.63) is 64.6 Å². The monoisotopic (exact) mass is 451 g/mol. The van der Waals surface area contributed by atoms with E-state index < -0.39 is 0 Å². The number of benzene rings is 2. The molecule has 2 aromatic carbocycles. The lowest BCUT2D eigenvalue weighted by atomic mass is 10.1. The maximum absolute atomic E-state index is 13.3. The van der Waals surface area contributed by atoms with Crippen LogP contribution in [0.25, 0.3) is 6.08 Å². The number of anilines is 1. The molecule has 0 unspecified atom stereocenters. The van der Waals surface area contributed by atoms with Crippen LogP contribution in [0.2, 0.25) is 0 Å². The SMILES string of the molecule is Cc1ccc(C=C2Sc3ccccc3N(CC(=O)NCCCN3CCOCC3)C2=O)cc1. The van der Waals surface area contributed by atoms with E-state index in [2.05, 4.69) is 10.2 Å². The van der Waals surface area contributed by atoms with E-state index in [1.807, 2.05) is 61.5 Å². The zero-order valence-corrected chi connectivity index (χ0v) is 19.2. The Balaban J connectivity index is 1.40. The highest BCUT2D eigenvalue weighted by atomic mass is 32.2. The second-order valence-corrected chi connectivity index (χ2v) is 9.12. The molecule has 0 atom stereocenters. The van der Waals surface area contributed by atoms with Crippen molar-refractivity contribution in [2.75, 3.05) is 50.8 Å². The number of ether oxygens (including phenoxy) is 1. The lowest BCUT2D eigenvalue weighted by Crippen LogP contribution is -2.43. The first-order valence-electron chi connectivity index (χ1n) is 11.0. The fourth-order valence-electron chi connectivity index (χ4n) is 3.79. The normalized spacial score (nSPS) is 18.0. The summed E-state index contributed by atoms with van der Waals surface area (Å²) in [5.74, 6) is -0.283. The van der Waals surface area contributed by atoms with Gasteiger partial charge in [0, 0.05) is 24.5 Å². The number of hydrogen-bond acceptors (Lipinski definition) is 5. The molecule has 2 aliphatic heterocycles. The van der Waals surface area contributed by atoms with E-state index in [1.165, 1.54) is 17.3 Å². The molecule has 168 valence electrons. The van der Waals surface area contributed by atoms with E-state index in [0.717, 1.165) is 55.4 Å². The summed E-state index contributed by atoms with van der Waals surface area (Å²) < 4.78 is 5.36. The Morgan fingerprint density at radius 3 is 2.66 bits per heavy atom. The third-order valence-corrected chi connectivity index (χ3v) is 6.66. The van der Waals surface area contributed by atoms with Crippen LogP contribution in [-0.2, 0) is 14.3 Å². The van der Waals surface area contributed by atoms with Crippen molar-refractivity contribution in [2.24, 2.45) is 0 Å². The molecular weight excluding hydrogens is 422 g/mol. The molecule has 0 aliphatic carbocycles. The topological polar surface area (TPSA) is 61.9 Å². The maximum atomic E-state index is 13.3. The minimum atomic E-state index is -0.142. The van der Waals surface area contributed by atoms with Gasteiger partial charge in [-0.25, -0.2) is 0 Å². The van der Waals surface area contributed by atoms with Crippen LogP contribution in [-0.4, -0.2) is 62.7 Å². The van der Waals surface area contributed by atoms with Gasteiger partial charge in [0.2, 0.25) is 5.91 Å². The Hall–Kier alpha value is -2.61. The van der Waals surface area contributed by atoms with Crippen molar-refractivity contribution in [1.29, 1.82) is 0 Å². The fourth-order valence-corrected chi connectivity index (χ4v) is 4.85. The van der Waals surface area contributed by atoms with E-state index in [0.29, 0.717) is 11.4 Å². The number of hydrogen-bond donors (Lipinski definition) is 1. The number of para-hydroxylation sites is 1. The molecule has 0 radical (unpaired) electrons. The van der Waals surface area contributed by atoms with Gasteiger partial charge in [-0.05, 0) is 43.7 Å². The molecule has 2 aliphatic rings. The number of rotatable bonds is 7. The summed E-state index contributed by atoms with van der Waals surface area (Å²) in [6.45, 7) is 7.03. The van der Waals surface area contributed by atoms with Crippen LogP contribution in [0.4, 0.5) is 5.69 Å². The maximum Gasteiger partial charge on any atom is 0.265 e. The average molecular weight is 452 g/mol. The van der Waals surface area contributed by atoms with Crippen LogP contribution in [0, 0.1) is 6.92 Å². The zero-order valence-electron chi connectivity index (χ0n) is 18.4. The summed E-state index contributed by atoms with van der Waals surface area (Å²) >= 11 is 1.45. The zero-order chi connectivity index (χ0) is 22.3. The van der Waals surface area contributed by atoms with Crippen molar-refractivity contribution >= 4 is 35.3 Å². The molecule has 7 heteroatoms. The highest BCUT2D eigenvalue weighted by molar-refractivity contribution is 8.04. The summed E-state index contributed by atoms with van der Waals surface area (Å²) in [5.41, 5.74) is 2.93. The van der Waals surface area contributed by atoms with Crippen molar-refractivity contribution in [1.82, 2.24) is 10.2 Å². The summed E-state index contributed by atoms with van der Waals surface area (Å²) in [5, 5.41) is 2.97. The molecule has 2 amide bonds. The van der Waals surface area contributed by atoms with Crippen LogP contribution in [0.1, 0.15) is 17.5 Å². The van der Waals surface area contributed by atoms with Gasteiger partial charge in [0.1, 0.15) is 6.54 Å². The van der Waals surface area contributed by atoms with Gasteiger partial charge in [-0.3, -0.25) is 19.4 Å². The summed E-state index contributed by atoms with van der Waals surface area (Å²) in [6, 6.07) is 15.8. The van der Waals surface area contributed by atoms with E-state index in [1.54, 1.807) is 4.90 Å². The standard InChI is InChI=1S/C25H29N3O3S/c1-19-7-9-20(10-8-19)17-23-25(30)28(21-5-2-3-6-22(21)32-23)18-24(29)26-11-4-12-27-13-15-31-16-14-27/h2-3,5-10,17H,4,11-16,18H2,1H3,(H,26,29). The predicted molar refractivity (Wildman–Crippen MR) is 129 cm³/mol. The predicted octanol–water partition coefficient (Wildman–Crippen LogP) is 3.31. The Kier molecular flexibility index (Phi) is 7.63. The van der Waals surface area contributed by atoms with E-state index >= 15 is 0 Å². The van der Waals surface area contributed by atoms with Crippen molar-refractivity contribution in [3.63, 3.8) is 0 Å². The molecule has 0 saturated carbocycles. The summed E-state index contributed by atoms with van der Waals surface area (Å²) in [4.78, 5) is 31.5. The molecule has 2 heterocycles. The Morgan fingerprint density at radius 2 is 1.88 bits per heavy atom. The van der Waals surface area contributed by atoms with E-state index in [4.69, 9.17) is 4.74 Å². The third kappa shape index (κ3) is 5.79. The van der Waals surface area contributed by atoms with Crippen LogP contribution in [0.15, 0.2) is 58.3 Å². The number of thioether (sulfide) groups is 1. The van der Waals surface area contributed by atoms with Gasteiger partial charge >= 0.3 is 0 Å². The molecular formula is C25H29N3O3S. The number of nitrogens with zero attached hydrogens (tertiary/aromatic N) is 2. The number of amides is 2. The van der Waals surface area contributed by atoms with Crippen LogP contribution < -0.4 is 10.2 Å². The molecule has 1 N–H and O–H groups in total. The molecule has 0 aromatic heterocycles. The second kappa shape index (κ2) is 10.8. The van der Waals surface area contributed by atoms with Crippen LogP contribution >= 0.6 is 11.8 Å².